The Bertz CT molecular complexity index is 1690. The number of rotatable bonds is 11. The molecule has 1 aliphatic heterocycles. The summed E-state index contributed by atoms with van der Waals surface area (Å²) in [5, 5.41) is 20.8. The van der Waals surface area contributed by atoms with Crippen LogP contribution in [0.2, 0.25) is 10.0 Å². The number of halogens is 2. The summed E-state index contributed by atoms with van der Waals surface area (Å²) in [6.07, 6.45) is 4.62. The lowest BCUT2D eigenvalue weighted by molar-refractivity contribution is -0.117. The summed E-state index contributed by atoms with van der Waals surface area (Å²) in [6.45, 7) is 3.98. The molecule has 1 unspecified atom stereocenters. The molecule has 1 aromatic heterocycles. The van der Waals surface area contributed by atoms with Crippen molar-refractivity contribution in [3.8, 4) is 5.75 Å². The lowest BCUT2D eigenvalue weighted by Crippen LogP contribution is -2.30. The van der Waals surface area contributed by atoms with E-state index >= 15 is 0 Å². The van der Waals surface area contributed by atoms with Crippen LogP contribution in [0.25, 0.3) is 6.08 Å². The molecule has 1 amide bonds. The number of nitrogens with zero attached hydrogens (tertiary/aromatic N) is 3. The van der Waals surface area contributed by atoms with Gasteiger partial charge in [-0.1, -0.05) is 114 Å². The number of aromatic nitrogens is 2. The fraction of sp³-hybridized carbons (Fsp3) is 0.0968. The third-order valence-corrected chi connectivity index (χ3v) is 8.92. The van der Waals surface area contributed by atoms with E-state index in [1.54, 1.807) is 48.6 Å². The first-order valence-corrected chi connectivity index (χ1v) is 15.2. The number of anilines is 1. The van der Waals surface area contributed by atoms with Crippen LogP contribution >= 0.6 is 46.3 Å². The number of carbonyl (C=O) groups is 2. The summed E-state index contributed by atoms with van der Waals surface area (Å²) < 4.78 is 6.17. The fourth-order valence-corrected chi connectivity index (χ4v) is 6.66. The van der Waals surface area contributed by atoms with Crippen molar-refractivity contribution in [3.05, 3.63) is 130 Å². The van der Waals surface area contributed by atoms with Crippen molar-refractivity contribution < 1.29 is 19.4 Å². The minimum Gasteiger partial charge on any atom is -0.503 e. The van der Waals surface area contributed by atoms with E-state index in [1.165, 1.54) is 34.1 Å². The largest absolute Gasteiger partial charge is 0.503 e. The molecule has 4 aromatic rings. The van der Waals surface area contributed by atoms with Crippen LogP contribution in [0.4, 0.5) is 5.13 Å². The highest BCUT2D eigenvalue weighted by atomic mass is 35.5. The molecule has 1 N–H and O–H groups in total. The number of allylic oxidation sites excluding steroid dienone is 1. The van der Waals surface area contributed by atoms with Gasteiger partial charge in [-0.05, 0) is 47.0 Å². The predicted molar refractivity (Wildman–Crippen MR) is 168 cm³/mol. The minimum absolute atomic E-state index is 0.0516. The molecule has 42 heavy (non-hydrogen) atoms. The van der Waals surface area contributed by atoms with Gasteiger partial charge in [0.2, 0.25) is 5.13 Å². The highest BCUT2D eigenvalue weighted by Gasteiger charge is 2.45. The highest BCUT2D eigenvalue weighted by Crippen LogP contribution is 2.43. The van der Waals surface area contributed by atoms with Crippen LogP contribution in [-0.2, 0) is 15.3 Å². The third kappa shape index (κ3) is 6.60. The van der Waals surface area contributed by atoms with Crippen LogP contribution in [0.5, 0.6) is 5.75 Å². The maximum Gasteiger partial charge on any atom is 0.296 e. The van der Waals surface area contributed by atoms with E-state index in [0.29, 0.717) is 38.1 Å². The zero-order valence-corrected chi connectivity index (χ0v) is 25.1. The van der Waals surface area contributed by atoms with Gasteiger partial charge in [0.05, 0.1) is 11.6 Å². The lowest BCUT2D eigenvalue weighted by atomic mass is 9.95. The molecule has 3 aromatic carbocycles. The number of hydrogen-bond donors (Lipinski definition) is 1. The SMILES string of the molecule is C=CCOc1ccc(C2C(C(=O)/C=C/c3ccccc3)=C(O)C(=O)N2c2nnc(SCc3ccc(Cl)cc3Cl)s2)cc1. The Hall–Kier alpha value is -3.89. The summed E-state index contributed by atoms with van der Waals surface area (Å²) in [7, 11) is 0. The quantitative estimate of drug-likeness (QED) is 0.0775. The molecule has 0 aliphatic carbocycles. The summed E-state index contributed by atoms with van der Waals surface area (Å²) in [4.78, 5) is 28.2. The van der Waals surface area contributed by atoms with Gasteiger partial charge in [0.15, 0.2) is 15.9 Å². The van der Waals surface area contributed by atoms with Gasteiger partial charge in [-0.25, -0.2) is 0 Å². The van der Waals surface area contributed by atoms with Crippen molar-refractivity contribution in [2.75, 3.05) is 11.5 Å². The van der Waals surface area contributed by atoms with Crippen molar-refractivity contribution >= 4 is 69.2 Å². The Morgan fingerprint density at radius 2 is 1.86 bits per heavy atom. The zero-order valence-electron chi connectivity index (χ0n) is 21.9. The second kappa shape index (κ2) is 13.4. The van der Waals surface area contributed by atoms with Gasteiger partial charge in [0.1, 0.15) is 12.4 Å². The summed E-state index contributed by atoms with van der Waals surface area (Å²) in [6, 6.07) is 20.6. The number of ether oxygens (including phenoxy) is 1. The minimum atomic E-state index is -0.935. The number of thioether (sulfide) groups is 1. The average molecular weight is 637 g/mol. The number of carbonyl (C=O) groups excluding carboxylic acids is 2. The van der Waals surface area contributed by atoms with Gasteiger partial charge in [-0.2, -0.15) is 0 Å². The van der Waals surface area contributed by atoms with Crippen LogP contribution < -0.4 is 9.64 Å². The summed E-state index contributed by atoms with van der Waals surface area (Å²) in [5.41, 5.74) is 2.21. The van der Waals surface area contributed by atoms with Crippen LogP contribution in [0, 0.1) is 0 Å². The van der Waals surface area contributed by atoms with Gasteiger partial charge in [-0.15, -0.1) is 10.2 Å². The maximum absolute atomic E-state index is 13.5. The topological polar surface area (TPSA) is 92.6 Å². The van der Waals surface area contributed by atoms with Gasteiger partial charge in [0, 0.05) is 15.8 Å². The number of ketones is 1. The average Bonchev–Trinajstić information content (AvgIpc) is 3.57. The van der Waals surface area contributed by atoms with Gasteiger partial charge >= 0.3 is 0 Å². The maximum atomic E-state index is 13.5. The number of aliphatic hydroxyl groups excluding tert-OH is 1. The molecule has 1 atom stereocenters. The number of aliphatic hydroxyl groups is 1. The molecule has 7 nitrogen and oxygen atoms in total. The summed E-state index contributed by atoms with van der Waals surface area (Å²) >= 11 is 14.9. The van der Waals surface area contributed by atoms with Crippen LogP contribution in [0.3, 0.4) is 0 Å². The predicted octanol–water partition coefficient (Wildman–Crippen LogP) is 7.88. The molecule has 212 valence electrons. The smallest absolute Gasteiger partial charge is 0.296 e. The van der Waals surface area contributed by atoms with E-state index in [9.17, 15) is 14.7 Å². The first kappa shape index (κ1) is 29.6. The van der Waals surface area contributed by atoms with E-state index in [4.69, 9.17) is 27.9 Å². The van der Waals surface area contributed by atoms with Crippen LogP contribution in [-0.4, -0.2) is 33.6 Å². The second-order valence-corrected chi connectivity index (χ2v) is 12.0. The zero-order chi connectivity index (χ0) is 29.6. The number of amides is 1. The van der Waals surface area contributed by atoms with E-state index in [1.807, 2.05) is 36.4 Å². The molecule has 2 heterocycles. The Morgan fingerprint density at radius 1 is 1.10 bits per heavy atom. The molecule has 11 heteroatoms. The second-order valence-electron chi connectivity index (χ2n) is 8.99. The van der Waals surface area contributed by atoms with Crippen LogP contribution in [0.1, 0.15) is 22.7 Å². The number of benzene rings is 3. The van der Waals surface area contributed by atoms with Crippen molar-refractivity contribution in [2.45, 2.75) is 16.1 Å². The van der Waals surface area contributed by atoms with Gasteiger partial charge in [-0.3, -0.25) is 14.5 Å². The van der Waals surface area contributed by atoms with E-state index in [2.05, 4.69) is 16.8 Å². The van der Waals surface area contributed by atoms with E-state index < -0.39 is 23.5 Å². The molecule has 0 saturated carbocycles. The molecule has 0 saturated heterocycles. The van der Waals surface area contributed by atoms with E-state index in [0.717, 1.165) is 11.1 Å². The lowest BCUT2D eigenvalue weighted by Gasteiger charge is -2.24. The van der Waals surface area contributed by atoms with Crippen molar-refractivity contribution in [1.29, 1.82) is 0 Å². The van der Waals surface area contributed by atoms with Crippen molar-refractivity contribution in [1.82, 2.24) is 10.2 Å². The van der Waals surface area contributed by atoms with Crippen LogP contribution in [0.15, 0.2) is 107 Å². The first-order valence-electron chi connectivity index (χ1n) is 12.6. The standard InChI is InChI=1S/C31H23Cl2N3O4S2/c1-2-16-40-23-13-10-20(11-14-23)27-26(25(37)15-8-19-6-4-3-5-7-19)28(38)29(39)36(27)30-34-35-31(42-30)41-18-21-9-12-22(32)17-24(21)33/h2-15,17,27,38H,1,16,18H2/b15-8+. The normalized spacial score (nSPS) is 15.0. The highest BCUT2D eigenvalue weighted by molar-refractivity contribution is 8.00. The van der Waals surface area contributed by atoms with E-state index in [-0.39, 0.29) is 10.7 Å². The summed E-state index contributed by atoms with van der Waals surface area (Å²) in [5.74, 6) is -0.772. The molecular formula is C31H23Cl2N3O4S2. The Labute approximate surface area is 260 Å². The van der Waals surface area contributed by atoms with Gasteiger partial charge in [0.25, 0.3) is 5.91 Å². The molecule has 5 rings (SSSR count). The van der Waals surface area contributed by atoms with Crippen molar-refractivity contribution in [2.24, 2.45) is 0 Å². The molecule has 0 fully saturated rings. The molecule has 0 radical (unpaired) electrons. The Morgan fingerprint density at radius 3 is 2.57 bits per heavy atom. The Kier molecular flexibility index (Phi) is 9.44. The third-order valence-electron chi connectivity index (χ3n) is 6.23. The molecular weight excluding hydrogens is 613 g/mol. The number of hydrogen-bond acceptors (Lipinski definition) is 8. The van der Waals surface area contributed by atoms with Crippen molar-refractivity contribution in [3.63, 3.8) is 0 Å². The van der Waals surface area contributed by atoms with Gasteiger partial charge < -0.3 is 9.84 Å². The monoisotopic (exact) mass is 635 g/mol. The molecule has 0 spiro atoms. The Balaban J connectivity index is 1.45. The first-order chi connectivity index (χ1) is 20.4. The fourth-order valence-electron chi connectivity index (χ4n) is 4.23. The molecule has 1 aliphatic rings. The molecule has 0 bridgehead atoms.